The minimum atomic E-state index is -1.16. The Hall–Kier alpha value is -2.96. The van der Waals surface area contributed by atoms with Crippen molar-refractivity contribution in [2.45, 2.75) is 38.3 Å². The molecule has 1 aliphatic rings. The fraction of sp³-hybridized carbons (Fsp3) is 0.333. The molecule has 3 rings (SSSR count). The van der Waals surface area contributed by atoms with Crippen LogP contribution in [-0.2, 0) is 29.0 Å². The molecule has 0 saturated carbocycles. The summed E-state index contributed by atoms with van der Waals surface area (Å²) in [4.78, 5) is 35.8. The lowest BCUT2D eigenvalue weighted by molar-refractivity contribution is -0.142. The van der Waals surface area contributed by atoms with Crippen molar-refractivity contribution in [2.24, 2.45) is 0 Å². The van der Waals surface area contributed by atoms with Crippen molar-refractivity contribution in [3.05, 3.63) is 63.6 Å². The van der Waals surface area contributed by atoms with Crippen molar-refractivity contribution in [3.8, 4) is 0 Å². The Bertz CT molecular complexity index is 845. The Morgan fingerprint density at radius 3 is 2.64 bits per heavy atom. The molecule has 0 bridgehead atoms. The summed E-state index contributed by atoms with van der Waals surface area (Å²) >= 11 is 0. The predicted molar refractivity (Wildman–Crippen MR) is 90.1 cm³/mol. The summed E-state index contributed by atoms with van der Waals surface area (Å²) in [7, 11) is 0. The van der Waals surface area contributed by atoms with Gasteiger partial charge >= 0.3 is 5.97 Å². The van der Waals surface area contributed by atoms with Crippen LogP contribution in [0.4, 0.5) is 0 Å². The zero-order valence-corrected chi connectivity index (χ0v) is 13.6. The number of aryl methyl sites for hydroxylation is 2. The molecule has 0 spiro atoms. The minimum Gasteiger partial charge on any atom is -0.479 e. The molecule has 7 nitrogen and oxygen atoms in total. The topological polar surface area (TPSA) is 101 Å². The molecule has 0 saturated heterocycles. The van der Waals surface area contributed by atoms with Crippen LogP contribution in [0.1, 0.15) is 35.7 Å². The van der Waals surface area contributed by atoms with Crippen LogP contribution in [0.2, 0.25) is 0 Å². The van der Waals surface area contributed by atoms with Crippen molar-refractivity contribution in [1.29, 1.82) is 0 Å². The number of nitrogens with zero attached hydrogens (tertiary/aromatic N) is 2. The minimum absolute atomic E-state index is 0.303. The molecule has 25 heavy (non-hydrogen) atoms. The highest BCUT2D eigenvalue weighted by Gasteiger charge is 2.22. The SMILES string of the molecule is O=C(Cn1nc2c(cc1=O)CCCC2)N[C@H](C(=O)O)c1ccccc1. The molecular formula is C18H19N3O4. The quantitative estimate of drug-likeness (QED) is 0.847. The number of rotatable bonds is 5. The molecule has 0 aliphatic heterocycles. The van der Waals surface area contributed by atoms with Gasteiger partial charge in [0.1, 0.15) is 6.54 Å². The van der Waals surface area contributed by atoms with Crippen molar-refractivity contribution >= 4 is 11.9 Å². The molecule has 1 aromatic carbocycles. The molecule has 2 N–H and O–H groups in total. The maximum atomic E-state index is 12.2. The van der Waals surface area contributed by atoms with Gasteiger partial charge in [-0.3, -0.25) is 9.59 Å². The normalized spacial score (nSPS) is 14.4. The molecule has 1 aliphatic carbocycles. The maximum Gasteiger partial charge on any atom is 0.330 e. The first kappa shape index (κ1) is 16.9. The number of amides is 1. The Labute approximate surface area is 144 Å². The van der Waals surface area contributed by atoms with E-state index < -0.39 is 17.9 Å². The number of nitrogens with one attached hydrogen (secondary N) is 1. The maximum absolute atomic E-state index is 12.2. The van der Waals surface area contributed by atoms with Crippen molar-refractivity contribution in [3.63, 3.8) is 0 Å². The number of aliphatic carboxylic acids is 1. The molecular weight excluding hydrogens is 322 g/mol. The molecule has 1 heterocycles. The second-order valence-corrected chi connectivity index (χ2v) is 6.07. The zero-order valence-electron chi connectivity index (χ0n) is 13.6. The summed E-state index contributed by atoms with van der Waals surface area (Å²) < 4.78 is 1.10. The summed E-state index contributed by atoms with van der Waals surface area (Å²) in [5.74, 6) is -1.73. The Morgan fingerprint density at radius 2 is 1.92 bits per heavy atom. The molecule has 0 unspecified atom stereocenters. The number of hydrogen-bond acceptors (Lipinski definition) is 4. The van der Waals surface area contributed by atoms with Crippen molar-refractivity contribution in [2.75, 3.05) is 0 Å². The van der Waals surface area contributed by atoms with Gasteiger partial charge in [0.25, 0.3) is 5.56 Å². The average Bonchev–Trinajstić information content (AvgIpc) is 2.61. The molecule has 1 aromatic heterocycles. The first-order valence-corrected chi connectivity index (χ1v) is 8.21. The van der Waals surface area contributed by atoms with Gasteiger partial charge < -0.3 is 10.4 Å². The van der Waals surface area contributed by atoms with E-state index in [0.29, 0.717) is 5.56 Å². The summed E-state index contributed by atoms with van der Waals surface area (Å²) in [6.07, 6.45) is 3.67. The smallest absolute Gasteiger partial charge is 0.330 e. The van der Waals surface area contributed by atoms with Crippen LogP contribution in [0, 0.1) is 0 Å². The number of carboxylic acids is 1. The van der Waals surface area contributed by atoms with Crippen molar-refractivity contribution < 1.29 is 14.7 Å². The van der Waals surface area contributed by atoms with Gasteiger partial charge in [-0.15, -0.1) is 0 Å². The van der Waals surface area contributed by atoms with Gasteiger partial charge in [0, 0.05) is 6.07 Å². The van der Waals surface area contributed by atoms with Crippen LogP contribution in [-0.4, -0.2) is 26.8 Å². The number of carbonyl (C=O) groups is 2. The number of benzene rings is 1. The highest BCUT2D eigenvalue weighted by Crippen LogP contribution is 2.17. The van der Waals surface area contributed by atoms with E-state index in [1.165, 1.54) is 6.07 Å². The highest BCUT2D eigenvalue weighted by molar-refractivity contribution is 5.84. The summed E-state index contributed by atoms with van der Waals surface area (Å²) in [6, 6.07) is 8.79. The van der Waals surface area contributed by atoms with Gasteiger partial charge in [-0.2, -0.15) is 5.10 Å². The van der Waals surface area contributed by atoms with Gasteiger partial charge in [-0.1, -0.05) is 30.3 Å². The van der Waals surface area contributed by atoms with E-state index in [-0.39, 0.29) is 12.1 Å². The van der Waals surface area contributed by atoms with E-state index in [9.17, 15) is 19.5 Å². The average molecular weight is 341 g/mol. The largest absolute Gasteiger partial charge is 0.479 e. The second kappa shape index (κ2) is 7.29. The van der Waals surface area contributed by atoms with Gasteiger partial charge in [-0.25, -0.2) is 9.48 Å². The molecule has 1 amide bonds. The Kier molecular flexibility index (Phi) is 4.92. The van der Waals surface area contributed by atoms with Crippen LogP contribution in [0.25, 0.3) is 0 Å². The third-order valence-electron chi connectivity index (χ3n) is 4.25. The molecule has 0 radical (unpaired) electrons. The predicted octanol–water partition coefficient (Wildman–Crippen LogP) is 1.06. The number of hydrogen-bond donors (Lipinski definition) is 2. The molecule has 130 valence electrons. The van der Waals surface area contributed by atoms with Crippen LogP contribution in [0.15, 0.2) is 41.2 Å². The third-order valence-corrected chi connectivity index (χ3v) is 4.25. The number of fused-ring (bicyclic) bond motifs is 1. The lowest BCUT2D eigenvalue weighted by atomic mass is 9.97. The van der Waals surface area contributed by atoms with Gasteiger partial charge in [0.05, 0.1) is 5.69 Å². The van der Waals surface area contributed by atoms with E-state index >= 15 is 0 Å². The highest BCUT2D eigenvalue weighted by atomic mass is 16.4. The standard InChI is InChI=1S/C18H19N3O4/c22-15(19-17(18(24)25)12-6-2-1-3-7-12)11-21-16(23)10-13-8-4-5-9-14(13)20-21/h1-3,6-7,10,17H,4-5,8-9,11H2,(H,19,22)(H,24,25)/t17-/m0/s1. The summed E-state index contributed by atoms with van der Waals surface area (Å²) in [5, 5.41) is 16.1. The summed E-state index contributed by atoms with van der Waals surface area (Å²) in [5.41, 5.74) is 1.91. The van der Waals surface area contributed by atoms with Crippen LogP contribution >= 0.6 is 0 Å². The van der Waals surface area contributed by atoms with E-state index in [1.54, 1.807) is 30.3 Å². The lowest BCUT2D eigenvalue weighted by Gasteiger charge is -2.17. The van der Waals surface area contributed by atoms with Gasteiger partial charge in [0.2, 0.25) is 5.91 Å². The van der Waals surface area contributed by atoms with Crippen molar-refractivity contribution in [1.82, 2.24) is 15.1 Å². The Morgan fingerprint density at radius 1 is 1.20 bits per heavy atom. The van der Waals surface area contributed by atoms with E-state index in [2.05, 4.69) is 10.4 Å². The van der Waals surface area contributed by atoms with E-state index in [4.69, 9.17) is 0 Å². The monoisotopic (exact) mass is 341 g/mol. The third kappa shape index (κ3) is 3.93. The fourth-order valence-electron chi connectivity index (χ4n) is 2.99. The van der Waals surface area contributed by atoms with Gasteiger partial charge in [0.15, 0.2) is 6.04 Å². The number of carbonyl (C=O) groups excluding carboxylic acids is 1. The number of carboxylic acid groups (broad SMARTS) is 1. The van der Waals surface area contributed by atoms with Crippen LogP contribution < -0.4 is 10.9 Å². The molecule has 0 fully saturated rings. The van der Waals surface area contributed by atoms with E-state index in [0.717, 1.165) is 41.6 Å². The second-order valence-electron chi connectivity index (χ2n) is 6.07. The summed E-state index contributed by atoms with van der Waals surface area (Å²) in [6.45, 7) is -0.303. The molecule has 7 heteroatoms. The zero-order chi connectivity index (χ0) is 17.8. The lowest BCUT2D eigenvalue weighted by Crippen LogP contribution is -2.39. The first-order valence-electron chi connectivity index (χ1n) is 8.21. The number of aromatic nitrogens is 2. The van der Waals surface area contributed by atoms with Gasteiger partial charge in [-0.05, 0) is 36.8 Å². The van der Waals surface area contributed by atoms with E-state index in [1.807, 2.05) is 0 Å². The van der Waals surface area contributed by atoms with Crippen LogP contribution in [0.3, 0.4) is 0 Å². The molecule has 1 atom stereocenters. The first-order chi connectivity index (χ1) is 12.0. The fourth-order valence-corrected chi connectivity index (χ4v) is 2.99. The molecule has 2 aromatic rings. The Balaban J connectivity index is 1.76. The van der Waals surface area contributed by atoms with Crippen LogP contribution in [0.5, 0.6) is 0 Å².